The van der Waals surface area contributed by atoms with E-state index in [-0.39, 0.29) is 12.5 Å². The second-order valence-corrected chi connectivity index (χ2v) is 6.33. The zero-order chi connectivity index (χ0) is 16.9. The fourth-order valence-electron chi connectivity index (χ4n) is 2.87. The first-order valence-electron chi connectivity index (χ1n) is 8.07. The highest BCUT2D eigenvalue weighted by Crippen LogP contribution is 2.25. The van der Waals surface area contributed by atoms with Crippen LogP contribution in [0, 0.1) is 5.92 Å². The summed E-state index contributed by atoms with van der Waals surface area (Å²) in [5.41, 5.74) is 1.58. The molecule has 1 atom stereocenters. The third kappa shape index (κ3) is 4.04. The third-order valence-corrected chi connectivity index (χ3v) is 4.27. The molecule has 0 aliphatic heterocycles. The van der Waals surface area contributed by atoms with Crippen LogP contribution < -0.4 is 5.32 Å². The van der Waals surface area contributed by atoms with Crippen LogP contribution in [0.3, 0.4) is 0 Å². The van der Waals surface area contributed by atoms with Crippen LogP contribution in [-0.2, 0) is 11.3 Å². The topological polar surface area (TPSA) is 67.2 Å². The van der Waals surface area contributed by atoms with Crippen LogP contribution >= 0.6 is 11.6 Å². The maximum Gasteiger partial charge on any atom is 0.226 e. The summed E-state index contributed by atoms with van der Waals surface area (Å²) in [6, 6.07) is 9.19. The second-order valence-electron chi connectivity index (χ2n) is 5.89. The van der Waals surface area contributed by atoms with Gasteiger partial charge in [-0.15, -0.1) is 0 Å². The molecule has 1 aromatic heterocycles. The molecule has 1 aliphatic carbocycles. The van der Waals surface area contributed by atoms with Gasteiger partial charge in [0.1, 0.15) is 5.82 Å². The molecule has 0 fully saturated rings. The van der Waals surface area contributed by atoms with Crippen LogP contribution in [-0.4, -0.2) is 27.4 Å². The van der Waals surface area contributed by atoms with E-state index < -0.39 is 0 Å². The Hall–Kier alpha value is -2.11. The predicted molar refractivity (Wildman–Crippen MR) is 94.9 cm³/mol. The molecular weight excluding hydrogens is 326 g/mol. The summed E-state index contributed by atoms with van der Waals surface area (Å²) in [4.78, 5) is 12.3. The lowest BCUT2D eigenvalue weighted by molar-refractivity contribution is -0.116. The fourth-order valence-corrected chi connectivity index (χ4v) is 3.06. The largest absolute Gasteiger partial charge is 0.394 e. The van der Waals surface area contributed by atoms with Crippen LogP contribution in [0.5, 0.6) is 0 Å². The van der Waals surface area contributed by atoms with Gasteiger partial charge in [0.25, 0.3) is 0 Å². The fraction of sp³-hybridized carbons (Fsp3) is 0.333. The molecule has 1 amide bonds. The van der Waals surface area contributed by atoms with Gasteiger partial charge in [0.05, 0.1) is 18.8 Å². The Balaban J connectivity index is 1.78. The van der Waals surface area contributed by atoms with Crippen molar-refractivity contribution in [2.24, 2.45) is 5.92 Å². The monoisotopic (exact) mass is 345 g/mol. The van der Waals surface area contributed by atoms with E-state index in [1.54, 1.807) is 10.7 Å². The van der Waals surface area contributed by atoms with Crippen LogP contribution in [0.25, 0.3) is 11.3 Å². The number of nitrogens with one attached hydrogen (secondary N) is 1. The van der Waals surface area contributed by atoms with Crippen LogP contribution in [0.15, 0.2) is 42.5 Å². The number of allylic oxidation sites excluding steroid dienone is 2. The Kier molecular flexibility index (Phi) is 5.33. The lowest BCUT2D eigenvalue weighted by Gasteiger charge is -2.10. The standard InChI is InChI=1S/C18H20ClN3O2/c19-15-7-3-6-14(11-15)16-12-17(22(21-16)8-9-23)20-18(24)10-13-4-1-2-5-13/h1,3-4,6-7,11-13,23H,2,5,8-10H2,(H,20,24). The molecule has 24 heavy (non-hydrogen) atoms. The second kappa shape index (κ2) is 7.64. The Bertz CT molecular complexity index is 754. The maximum atomic E-state index is 12.3. The summed E-state index contributed by atoms with van der Waals surface area (Å²) in [7, 11) is 0. The number of nitrogens with zero attached hydrogens (tertiary/aromatic N) is 2. The van der Waals surface area contributed by atoms with E-state index in [9.17, 15) is 9.90 Å². The lowest BCUT2D eigenvalue weighted by atomic mass is 10.1. The number of carbonyl (C=O) groups is 1. The number of aromatic nitrogens is 2. The molecule has 5 nitrogen and oxygen atoms in total. The van der Waals surface area contributed by atoms with Gasteiger partial charge in [-0.25, -0.2) is 4.68 Å². The van der Waals surface area contributed by atoms with Crippen molar-refractivity contribution in [3.8, 4) is 11.3 Å². The molecule has 1 aromatic carbocycles. The summed E-state index contributed by atoms with van der Waals surface area (Å²) < 4.78 is 1.61. The summed E-state index contributed by atoms with van der Waals surface area (Å²) >= 11 is 6.03. The van der Waals surface area contributed by atoms with Crippen molar-refractivity contribution in [3.63, 3.8) is 0 Å². The Labute approximate surface area is 145 Å². The van der Waals surface area contributed by atoms with E-state index in [2.05, 4.69) is 22.6 Å². The van der Waals surface area contributed by atoms with Crippen molar-refractivity contribution in [1.82, 2.24) is 9.78 Å². The molecule has 0 radical (unpaired) electrons. The van der Waals surface area contributed by atoms with Gasteiger partial charge < -0.3 is 10.4 Å². The molecule has 1 unspecified atom stereocenters. The van der Waals surface area contributed by atoms with Crippen molar-refractivity contribution in [2.75, 3.05) is 11.9 Å². The first kappa shape index (κ1) is 16.7. The number of aliphatic hydroxyl groups excluding tert-OH is 1. The predicted octanol–water partition coefficient (Wildman–Crippen LogP) is 3.49. The lowest BCUT2D eigenvalue weighted by Crippen LogP contribution is -2.18. The number of carbonyl (C=O) groups excluding carboxylic acids is 1. The van der Waals surface area contributed by atoms with E-state index in [1.807, 2.05) is 24.3 Å². The average Bonchev–Trinajstić information content (AvgIpc) is 3.18. The first-order valence-corrected chi connectivity index (χ1v) is 8.44. The van der Waals surface area contributed by atoms with E-state index in [0.717, 1.165) is 18.4 Å². The third-order valence-electron chi connectivity index (χ3n) is 4.04. The highest BCUT2D eigenvalue weighted by molar-refractivity contribution is 6.30. The van der Waals surface area contributed by atoms with Gasteiger partial charge in [-0.1, -0.05) is 35.9 Å². The summed E-state index contributed by atoms with van der Waals surface area (Å²) in [6.45, 7) is 0.268. The zero-order valence-corrected chi connectivity index (χ0v) is 14.0. The van der Waals surface area contributed by atoms with Crippen molar-refractivity contribution in [3.05, 3.63) is 47.5 Å². The molecule has 0 saturated carbocycles. The molecule has 2 aromatic rings. The Morgan fingerprint density at radius 3 is 3.00 bits per heavy atom. The smallest absolute Gasteiger partial charge is 0.226 e. The minimum atomic E-state index is -0.0507. The summed E-state index contributed by atoms with van der Waals surface area (Å²) in [6.07, 6.45) is 6.75. The van der Waals surface area contributed by atoms with Crippen molar-refractivity contribution < 1.29 is 9.90 Å². The summed E-state index contributed by atoms with van der Waals surface area (Å²) in [5.74, 6) is 0.862. The normalized spacial score (nSPS) is 16.5. The van der Waals surface area contributed by atoms with Crippen molar-refractivity contribution >= 4 is 23.3 Å². The number of hydrogen-bond donors (Lipinski definition) is 2. The molecule has 126 valence electrons. The van der Waals surface area contributed by atoms with E-state index in [4.69, 9.17) is 11.6 Å². The van der Waals surface area contributed by atoms with Crippen molar-refractivity contribution in [2.45, 2.75) is 25.8 Å². The molecule has 2 N–H and O–H groups in total. The molecule has 0 saturated heterocycles. The molecule has 1 aliphatic rings. The van der Waals surface area contributed by atoms with Gasteiger partial charge in [0.15, 0.2) is 0 Å². The molecule has 0 bridgehead atoms. The van der Waals surface area contributed by atoms with Crippen LogP contribution in [0.1, 0.15) is 19.3 Å². The first-order chi connectivity index (χ1) is 11.7. The van der Waals surface area contributed by atoms with E-state index >= 15 is 0 Å². The van der Waals surface area contributed by atoms with E-state index in [1.165, 1.54) is 0 Å². The van der Waals surface area contributed by atoms with Crippen LogP contribution in [0.4, 0.5) is 5.82 Å². The SMILES string of the molecule is O=C(CC1C=CCC1)Nc1cc(-c2cccc(Cl)c2)nn1CCO. The highest BCUT2D eigenvalue weighted by atomic mass is 35.5. The van der Waals surface area contributed by atoms with Gasteiger partial charge in [-0.05, 0) is 30.9 Å². The summed E-state index contributed by atoms with van der Waals surface area (Å²) in [5, 5.41) is 17.2. The van der Waals surface area contributed by atoms with Gasteiger partial charge in [0.2, 0.25) is 5.91 Å². The molecular formula is C18H20ClN3O2. The molecule has 0 spiro atoms. The Morgan fingerprint density at radius 2 is 2.29 bits per heavy atom. The number of anilines is 1. The minimum absolute atomic E-state index is 0.0386. The van der Waals surface area contributed by atoms with E-state index in [0.29, 0.717) is 35.4 Å². The zero-order valence-electron chi connectivity index (χ0n) is 13.3. The number of benzene rings is 1. The van der Waals surface area contributed by atoms with Crippen molar-refractivity contribution in [1.29, 1.82) is 0 Å². The maximum absolute atomic E-state index is 12.3. The molecule has 1 heterocycles. The van der Waals surface area contributed by atoms with Gasteiger partial charge in [-0.2, -0.15) is 5.10 Å². The number of halogens is 1. The van der Waals surface area contributed by atoms with Gasteiger partial charge in [0, 0.05) is 23.1 Å². The highest BCUT2D eigenvalue weighted by Gasteiger charge is 2.17. The van der Waals surface area contributed by atoms with Gasteiger partial charge >= 0.3 is 0 Å². The molecule has 6 heteroatoms. The average molecular weight is 346 g/mol. The number of rotatable bonds is 6. The number of hydrogen-bond acceptors (Lipinski definition) is 3. The quantitative estimate of drug-likeness (QED) is 0.787. The number of amides is 1. The Morgan fingerprint density at radius 1 is 1.42 bits per heavy atom. The van der Waals surface area contributed by atoms with Gasteiger partial charge in [-0.3, -0.25) is 4.79 Å². The minimum Gasteiger partial charge on any atom is -0.394 e. The molecule has 3 rings (SSSR count). The number of aliphatic hydroxyl groups is 1. The van der Waals surface area contributed by atoms with Crippen LogP contribution in [0.2, 0.25) is 5.02 Å².